The number of halogens is 1. The first-order valence-electron chi connectivity index (χ1n) is 8.93. The highest BCUT2D eigenvalue weighted by molar-refractivity contribution is 6.30. The van der Waals surface area contributed by atoms with Crippen molar-refractivity contribution in [3.05, 3.63) is 83.0 Å². The summed E-state index contributed by atoms with van der Waals surface area (Å²) in [5.41, 5.74) is 8.15. The van der Waals surface area contributed by atoms with Gasteiger partial charge in [0.2, 0.25) is 5.91 Å². The summed E-state index contributed by atoms with van der Waals surface area (Å²) in [6.07, 6.45) is 2.52. The van der Waals surface area contributed by atoms with Crippen LogP contribution in [0.1, 0.15) is 0 Å². The summed E-state index contributed by atoms with van der Waals surface area (Å²) >= 11 is 5.99. The zero-order valence-electron chi connectivity index (χ0n) is 16.0. The first kappa shape index (κ1) is 19.4. The van der Waals surface area contributed by atoms with Crippen LogP contribution in [0, 0.1) is 0 Å². The van der Waals surface area contributed by atoms with E-state index in [1.165, 1.54) is 26.4 Å². The van der Waals surface area contributed by atoms with E-state index < -0.39 is 0 Å². The molecule has 0 spiro atoms. The van der Waals surface area contributed by atoms with E-state index in [4.69, 9.17) is 17.3 Å². The molecule has 4 aromatic rings. The van der Waals surface area contributed by atoms with Crippen molar-refractivity contribution in [1.29, 1.82) is 0 Å². The molecule has 0 unspecified atom stereocenters. The van der Waals surface area contributed by atoms with E-state index in [1.54, 1.807) is 55.6 Å². The Bertz CT molecular complexity index is 1340. The van der Waals surface area contributed by atoms with E-state index in [0.717, 1.165) is 0 Å². The predicted molar refractivity (Wildman–Crippen MR) is 117 cm³/mol. The molecule has 9 heteroatoms. The number of carbonyl (C=O) groups excluding carboxylic acids is 1. The lowest BCUT2D eigenvalue weighted by Gasteiger charge is -2.16. The Labute approximate surface area is 176 Å². The molecule has 2 aromatic heterocycles. The topological polar surface area (TPSA) is 99.0 Å². The van der Waals surface area contributed by atoms with Crippen LogP contribution in [0.15, 0.2) is 72.3 Å². The predicted octanol–water partition coefficient (Wildman–Crippen LogP) is 2.96. The Morgan fingerprint density at radius 1 is 1.13 bits per heavy atom. The minimum Gasteiger partial charge on any atom is -0.382 e. The van der Waals surface area contributed by atoms with Crippen molar-refractivity contribution >= 4 is 40.2 Å². The summed E-state index contributed by atoms with van der Waals surface area (Å²) in [5, 5.41) is 0.544. The van der Waals surface area contributed by atoms with Crippen molar-refractivity contribution in [3.63, 3.8) is 0 Å². The van der Waals surface area contributed by atoms with Crippen molar-refractivity contribution in [2.24, 2.45) is 0 Å². The minimum absolute atomic E-state index is 0.168. The smallest absolute Gasteiger partial charge is 0.339 e. The van der Waals surface area contributed by atoms with Crippen molar-refractivity contribution < 1.29 is 4.79 Å². The molecule has 0 atom stereocenters. The van der Waals surface area contributed by atoms with Crippen LogP contribution >= 0.6 is 11.6 Å². The first-order valence-corrected chi connectivity index (χ1v) is 9.30. The summed E-state index contributed by atoms with van der Waals surface area (Å²) in [6, 6.07) is 13.8. The minimum atomic E-state index is -0.380. The van der Waals surface area contributed by atoms with Crippen LogP contribution < -0.4 is 16.3 Å². The molecule has 30 heavy (non-hydrogen) atoms. The summed E-state index contributed by atoms with van der Waals surface area (Å²) in [5.74, 6) is -0.101. The number of nitrogens with two attached hydrogens (primary N) is 1. The van der Waals surface area contributed by atoms with Crippen molar-refractivity contribution in [1.82, 2.24) is 19.1 Å². The van der Waals surface area contributed by atoms with Crippen LogP contribution in [0.5, 0.6) is 0 Å². The van der Waals surface area contributed by atoms with Gasteiger partial charge in [-0.3, -0.25) is 9.36 Å². The van der Waals surface area contributed by atoms with Gasteiger partial charge < -0.3 is 10.6 Å². The maximum Gasteiger partial charge on any atom is 0.339 e. The van der Waals surface area contributed by atoms with Gasteiger partial charge >= 0.3 is 5.69 Å². The number of benzene rings is 2. The SMILES string of the molecule is C=CC(=O)N(C)c1cccc(-n2c(=O)n(-c3ccc(Cl)cc3)c3c(N)ncnc32)c1. The molecular formula is C21H17ClN6O2. The normalized spacial score (nSPS) is 10.9. The molecule has 0 saturated heterocycles. The van der Waals surface area contributed by atoms with Gasteiger partial charge in [0.25, 0.3) is 0 Å². The van der Waals surface area contributed by atoms with Crippen LogP contribution in [-0.4, -0.2) is 32.1 Å². The maximum atomic E-state index is 13.5. The lowest BCUT2D eigenvalue weighted by Crippen LogP contribution is -2.25. The number of aromatic nitrogens is 4. The Hall–Kier alpha value is -3.91. The molecule has 0 radical (unpaired) electrons. The van der Waals surface area contributed by atoms with Crippen LogP contribution in [0.25, 0.3) is 22.5 Å². The number of nitrogen functional groups attached to an aromatic ring is 1. The van der Waals surface area contributed by atoms with Gasteiger partial charge in [0.15, 0.2) is 11.5 Å². The number of nitrogens with zero attached hydrogens (tertiary/aromatic N) is 5. The van der Waals surface area contributed by atoms with Crippen LogP contribution in [0.4, 0.5) is 11.5 Å². The molecule has 8 nitrogen and oxygen atoms in total. The van der Waals surface area contributed by atoms with Gasteiger partial charge in [-0.15, -0.1) is 0 Å². The Kier molecular flexibility index (Phi) is 4.85. The molecule has 0 fully saturated rings. The lowest BCUT2D eigenvalue weighted by molar-refractivity contribution is -0.113. The standard InChI is InChI=1S/C21H17ClN6O2/c1-3-17(29)26(2)15-5-4-6-16(11-15)28-20-18(19(23)24-12-25-20)27(21(28)30)14-9-7-13(22)8-10-14/h3-12H,1H2,2H3,(H2,23,24,25). The van der Waals surface area contributed by atoms with Crippen LogP contribution in [0.2, 0.25) is 5.02 Å². The fraction of sp³-hybridized carbons (Fsp3) is 0.0476. The average molecular weight is 421 g/mol. The van der Waals surface area contributed by atoms with E-state index in [1.807, 2.05) is 0 Å². The summed E-state index contributed by atoms with van der Waals surface area (Å²) in [7, 11) is 1.63. The molecule has 2 N–H and O–H groups in total. The van der Waals surface area contributed by atoms with Crippen molar-refractivity contribution in [2.45, 2.75) is 0 Å². The first-order chi connectivity index (χ1) is 14.4. The second kappa shape index (κ2) is 7.49. The molecule has 0 aliphatic carbocycles. The lowest BCUT2D eigenvalue weighted by atomic mass is 10.2. The third-order valence-electron chi connectivity index (χ3n) is 4.71. The van der Waals surface area contributed by atoms with Gasteiger partial charge in [-0.1, -0.05) is 24.2 Å². The second-order valence-corrected chi connectivity index (χ2v) is 6.92. The average Bonchev–Trinajstić information content (AvgIpc) is 3.06. The largest absolute Gasteiger partial charge is 0.382 e. The summed E-state index contributed by atoms with van der Waals surface area (Å²) in [4.78, 5) is 35.2. The highest BCUT2D eigenvalue weighted by Gasteiger charge is 2.20. The van der Waals surface area contributed by atoms with E-state index in [-0.39, 0.29) is 17.4 Å². The third-order valence-corrected chi connectivity index (χ3v) is 4.97. The number of fused-ring (bicyclic) bond motifs is 1. The number of amides is 1. The number of rotatable bonds is 4. The third kappa shape index (κ3) is 3.13. The second-order valence-electron chi connectivity index (χ2n) is 6.48. The van der Waals surface area contributed by atoms with E-state index in [9.17, 15) is 9.59 Å². The number of anilines is 2. The molecule has 2 heterocycles. The van der Waals surface area contributed by atoms with Gasteiger partial charge in [0.1, 0.15) is 11.8 Å². The van der Waals surface area contributed by atoms with Crippen molar-refractivity contribution in [2.75, 3.05) is 17.7 Å². The zero-order valence-corrected chi connectivity index (χ0v) is 16.7. The maximum absolute atomic E-state index is 13.5. The fourth-order valence-corrected chi connectivity index (χ4v) is 3.34. The van der Waals surface area contributed by atoms with Gasteiger partial charge in [-0.25, -0.2) is 19.3 Å². The molecule has 0 aliphatic rings. The zero-order chi connectivity index (χ0) is 21.4. The van der Waals surface area contributed by atoms with Gasteiger partial charge in [-0.2, -0.15) is 0 Å². The van der Waals surface area contributed by atoms with Crippen molar-refractivity contribution in [3.8, 4) is 11.4 Å². The highest BCUT2D eigenvalue weighted by atomic mass is 35.5. The Balaban J connectivity index is 2.00. The monoisotopic (exact) mass is 420 g/mol. The van der Waals surface area contributed by atoms with Gasteiger partial charge in [0.05, 0.1) is 11.4 Å². The quantitative estimate of drug-likeness (QED) is 0.512. The molecular weight excluding hydrogens is 404 g/mol. The van der Waals surface area contributed by atoms with Crippen LogP contribution in [-0.2, 0) is 4.79 Å². The molecule has 2 aromatic carbocycles. The molecule has 150 valence electrons. The molecule has 0 saturated carbocycles. The number of likely N-dealkylation sites (N-methyl/N-ethyl adjacent to an activating group) is 1. The van der Waals surface area contributed by atoms with Gasteiger partial charge in [0, 0.05) is 17.8 Å². The van der Waals surface area contributed by atoms with E-state index in [0.29, 0.717) is 33.2 Å². The molecule has 0 bridgehead atoms. The highest BCUT2D eigenvalue weighted by Crippen LogP contribution is 2.25. The number of imidazole rings is 1. The molecule has 4 rings (SSSR count). The molecule has 0 aliphatic heterocycles. The number of hydrogen-bond donors (Lipinski definition) is 1. The Morgan fingerprint density at radius 2 is 1.87 bits per heavy atom. The molecule has 1 amide bonds. The fourth-order valence-electron chi connectivity index (χ4n) is 3.21. The number of carbonyl (C=O) groups is 1. The van der Waals surface area contributed by atoms with Crippen LogP contribution in [0.3, 0.4) is 0 Å². The number of hydrogen-bond acceptors (Lipinski definition) is 5. The summed E-state index contributed by atoms with van der Waals surface area (Å²) < 4.78 is 2.87. The van der Waals surface area contributed by atoms with E-state index >= 15 is 0 Å². The summed E-state index contributed by atoms with van der Waals surface area (Å²) in [6.45, 7) is 3.51. The van der Waals surface area contributed by atoms with Gasteiger partial charge in [-0.05, 0) is 48.5 Å². The van der Waals surface area contributed by atoms with E-state index in [2.05, 4.69) is 16.5 Å². The Morgan fingerprint density at radius 3 is 2.57 bits per heavy atom.